The molecular formula is C13H25NO2S. The number of rotatable bonds is 7. The monoisotopic (exact) mass is 259 g/mol. The van der Waals surface area contributed by atoms with E-state index in [1.54, 1.807) is 0 Å². The third-order valence-electron chi connectivity index (χ3n) is 3.36. The Bertz CT molecular complexity index is 223. The lowest BCUT2D eigenvalue weighted by atomic mass is 9.96. The Balaban J connectivity index is 2.27. The SMILES string of the molecule is CCCC1CCC(=O)N(CCOCCS)CC1. The summed E-state index contributed by atoms with van der Waals surface area (Å²) in [6.07, 6.45) is 5.44. The fourth-order valence-corrected chi connectivity index (χ4v) is 2.50. The van der Waals surface area contributed by atoms with Crippen molar-refractivity contribution in [2.24, 2.45) is 5.92 Å². The van der Waals surface area contributed by atoms with Crippen LogP contribution in [0.2, 0.25) is 0 Å². The highest BCUT2D eigenvalue weighted by Gasteiger charge is 2.21. The zero-order valence-electron chi connectivity index (χ0n) is 10.9. The molecule has 0 aliphatic carbocycles. The minimum atomic E-state index is 0.304. The van der Waals surface area contributed by atoms with Gasteiger partial charge in [0, 0.05) is 25.3 Å². The van der Waals surface area contributed by atoms with Crippen LogP contribution in [0.3, 0.4) is 0 Å². The molecule has 17 heavy (non-hydrogen) atoms. The molecular weight excluding hydrogens is 234 g/mol. The molecule has 1 heterocycles. The second kappa shape index (κ2) is 8.81. The molecule has 1 aliphatic heterocycles. The first-order valence-corrected chi connectivity index (χ1v) is 7.37. The summed E-state index contributed by atoms with van der Waals surface area (Å²) in [4.78, 5) is 13.8. The van der Waals surface area contributed by atoms with E-state index in [2.05, 4.69) is 19.6 Å². The van der Waals surface area contributed by atoms with Gasteiger partial charge in [0.2, 0.25) is 5.91 Å². The van der Waals surface area contributed by atoms with Gasteiger partial charge in [-0.15, -0.1) is 0 Å². The summed E-state index contributed by atoms with van der Waals surface area (Å²) in [6, 6.07) is 0. The molecule has 0 aromatic carbocycles. The van der Waals surface area contributed by atoms with E-state index >= 15 is 0 Å². The Morgan fingerprint density at radius 1 is 1.41 bits per heavy atom. The van der Waals surface area contributed by atoms with E-state index in [-0.39, 0.29) is 0 Å². The first-order valence-electron chi connectivity index (χ1n) is 6.74. The van der Waals surface area contributed by atoms with Crippen molar-refractivity contribution in [3.8, 4) is 0 Å². The molecule has 0 bridgehead atoms. The lowest BCUT2D eigenvalue weighted by Crippen LogP contribution is -2.33. The quantitative estimate of drug-likeness (QED) is 0.562. The summed E-state index contributed by atoms with van der Waals surface area (Å²) < 4.78 is 5.38. The van der Waals surface area contributed by atoms with Gasteiger partial charge in [-0.1, -0.05) is 19.8 Å². The fraction of sp³-hybridized carbons (Fsp3) is 0.923. The molecule has 0 N–H and O–H groups in total. The third kappa shape index (κ3) is 5.77. The molecule has 1 amide bonds. The van der Waals surface area contributed by atoms with Crippen LogP contribution in [0.5, 0.6) is 0 Å². The number of carbonyl (C=O) groups excluding carboxylic acids is 1. The molecule has 4 heteroatoms. The van der Waals surface area contributed by atoms with Gasteiger partial charge in [-0.2, -0.15) is 12.6 Å². The van der Waals surface area contributed by atoms with E-state index in [1.807, 2.05) is 4.90 Å². The second-order valence-corrected chi connectivity index (χ2v) is 5.15. The second-order valence-electron chi connectivity index (χ2n) is 4.70. The zero-order valence-corrected chi connectivity index (χ0v) is 11.8. The maximum absolute atomic E-state index is 11.9. The summed E-state index contributed by atoms with van der Waals surface area (Å²) in [5, 5.41) is 0. The van der Waals surface area contributed by atoms with Gasteiger partial charge in [-0.3, -0.25) is 4.79 Å². The maximum atomic E-state index is 11.9. The lowest BCUT2D eigenvalue weighted by Gasteiger charge is -2.20. The third-order valence-corrected chi connectivity index (χ3v) is 3.55. The van der Waals surface area contributed by atoms with Crippen molar-refractivity contribution < 1.29 is 9.53 Å². The van der Waals surface area contributed by atoms with Crippen LogP contribution < -0.4 is 0 Å². The average molecular weight is 259 g/mol. The number of hydrogen-bond acceptors (Lipinski definition) is 3. The fourth-order valence-electron chi connectivity index (χ4n) is 2.37. The van der Waals surface area contributed by atoms with Crippen LogP contribution in [0.15, 0.2) is 0 Å². The molecule has 0 aromatic rings. The number of likely N-dealkylation sites (tertiary alicyclic amines) is 1. The standard InChI is InChI=1S/C13H25NO2S/c1-2-3-12-4-5-13(15)14(7-6-12)8-9-16-10-11-17/h12,17H,2-11H2,1H3. The van der Waals surface area contributed by atoms with Gasteiger partial charge < -0.3 is 9.64 Å². The first-order chi connectivity index (χ1) is 8.27. The molecule has 1 atom stereocenters. The van der Waals surface area contributed by atoms with Crippen LogP contribution in [-0.2, 0) is 9.53 Å². The van der Waals surface area contributed by atoms with Crippen molar-refractivity contribution in [1.29, 1.82) is 0 Å². The average Bonchev–Trinajstić information content (AvgIpc) is 2.50. The molecule has 1 saturated heterocycles. The Kier molecular flexibility index (Phi) is 7.69. The van der Waals surface area contributed by atoms with Gasteiger partial charge >= 0.3 is 0 Å². The van der Waals surface area contributed by atoms with Crippen LogP contribution >= 0.6 is 12.6 Å². The van der Waals surface area contributed by atoms with Gasteiger partial charge in [-0.05, 0) is 18.8 Å². The van der Waals surface area contributed by atoms with Crippen molar-refractivity contribution >= 4 is 18.5 Å². The molecule has 1 unspecified atom stereocenters. The number of hydrogen-bond donors (Lipinski definition) is 1. The normalized spacial score (nSPS) is 21.6. The van der Waals surface area contributed by atoms with Crippen LogP contribution in [0.25, 0.3) is 0 Å². The number of ether oxygens (including phenoxy) is 1. The Morgan fingerprint density at radius 2 is 2.24 bits per heavy atom. The highest BCUT2D eigenvalue weighted by Crippen LogP contribution is 2.22. The number of nitrogens with zero attached hydrogens (tertiary/aromatic N) is 1. The molecule has 0 spiro atoms. The van der Waals surface area contributed by atoms with Gasteiger partial charge in [0.1, 0.15) is 0 Å². The van der Waals surface area contributed by atoms with Gasteiger partial charge in [0.15, 0.2) is 0 Å². The number of thiol groups is 1. The molecule has 0 saturated carbocycles. The number of carbonyl (C=O) groups is 1. The predicted molar refractivity (Wildman–Crippen MR) is 73.5 cm³/mol. The van der Waals surface area contributed by atoms with Crippen molar-refractivity contribution in [3.05, 3.63) is 0 Å². The van der Waals surface area contributed by atoms with E-state index in [0.29, 0.717) is 19.1 Å². The lowest BCUT2D eigenvalue weighted by molar-refractivity contribution is -0.131. The van der Waals surface area contributed by atoms with E-state index in [0.717, 1.165) is 44.0 Å². The molecule has 1 fully saturated rings. The van der Waals surface area contributed by atoms with Crippen molar-refractivity contribution in [1.82, 2.24) is 4.90 Å². The minimum Gasteiger partial charge on any atom is -0.379 e. The first kappa shape index (κ1) is 14.8. The topological polar surface area (TPSA) is 29.5 Å². The van der Waals surface area contributed by atoms with Crippen molar-refractivity contribution in [2.75, 3.05) is 32.1 Å². The van der Waals surface area contributed by atoms with Gasteiger partial charge in [0.05, 0.1) is 13.2 Å². The maximum Gasteiger partial charge on any atom is 0.222 e. The molecule has 0 radical (unpaired) electrons. The molecule has 100 valence electrons. The van der Waals surface area contributed by atoms with Crippen LogP contribution in [-0.4, -0.2) is 42.9 Å². The van der Waals surface area contributed by atoms with E-state index in [9.17, 15) is 4.79 Å². The zero-order chi connectivity index (χ0) is 12.5. The number of amides is 1. The van der Waals surface area contributed by atoms with Gasteiger partial charge in [0.25, 0.3) is 0 Å². The summed E-state index contributed by atoms with van der Waals surface area (Å²) in [7, 11) is 0. The molecule has 1 aliphatic rings. The van der Waals surface area contributed by atoms with Gasteiger partial charge in [-0.25, -0.2) is 0 Å². The minimum absolute atomic E-state index is 0.304. The molecule has 0 aromatic heterocycles. The Morgan fingerprint density at radius 3 is 2.94 bits per heavy atom. The van der Waals surface area contributed by atoms with Crippen LogP contribution in [0, 0.1) is 5.92 Å². The largest absolute Gasteiger partial charge is 0.379 e. The summed E-state index contributed by atoms with van der Waals surface area (Å²) in [6.45, 7) is 5.18. The van der Waals surface area contributed by atoms with Crippen molar-refractivity contribution in [2.45, 2.75) is 39.0 Å². The summed E-state index contributed by atoms with van der Waals surface area (Å²) in [5.41, 5.74) is 0. The smallest absolute Gasteiger partial charge is 0.222 e. The predicted octanol–water partition coefficient (Wildman–Crippen LogP) is 2.36. The Labute approximate surface area is 110 Å². The van der Waals surface area contributed by atoms with E-state index in [1.165, 1.54) is 12.8 Å². The Hall–Kier alpha value is -0.220. The van der Waals surface area contributed by atoms with E-state index < -0.39 is 0 Å². The van der Waals surface area contributed by atoms with Crippen LogP contribution in [0.1, 0.15) is 39.0 Å². The molecule has 1 rings (SSSR count). The summed E-state index contributed by atoms with van der Waals surface area (Å²) >= 11 is 4.09. The highest BCUT2D eigenvalue weighted by molar-refractivity contribution is 7.80. The van der Waals surface area contributed by atoms with Crippen LogP contribution in [0.4, 0.5) is 0 Å². The summed E-state index contributed by atoms with van der Waals surface area (Å²) in [5.74, 6) is 1.79. The van der Waals surface area contributed by atoms with E-state index in [4.69, 9.17) is 4.74 Å². The molecule has 3 nitrogen and oxygen atoms in total. The highest BCUT2D eigenvalue weighted by atomic mass is 32.1. The van der Waals surface area contributed by atoms with Crippen molar-refractivity contribution in [3.63, 3.8) is 0 Å².